The molecule has 12 aliphatic carbocycles. The minimum atomic E-state index is 0.763. The van der Waals surface area contributed by atoms with Crippen molar-refractivity contribution in [2.24, 2.45) is 75.4 Å². The van der Waals surface area contributed by atoms with Gasteiger partial charge in [0.15, 0.2) is 0 Å². The van der Waals surface area contributed by atoms with Crippen LogP contribution in [-0.2, 0) is 0 Å². The first-order valence-corrected chi connectivity index (χ1v) is 16.1. The molecule has 0 aromatic carbocycles. The van der Waals surface area contributed by atoms with Gasteiger partial charge in [-0.1, -0.05) is 27.7 Å². The molecule has 0 aromatic rings. The van der Waals surface area contributed by atoms with Gasteiger partial charge in [0.25, 0.3) is 0 Å². The summed E-state index contributed by atoms with van der Waals surface area (Å²) in [6, 6.07) is 0. The summed E-state index contributed by atoms with van der Waals surface area (Å²) in [6.07, 6.45) is 26.8. The Morgan fingerprint density at radius 3 is 1.06 bits per heavy atom. The molecular formula is C34H56. The van der Waals surface area contributed by atoms with Crippen LogP contribution >= 0.6 is 0 Å². The smallest absolute Gasteiger partial charge is 0.0315 e. The van der Waals surface area contributed by atoms with Crippen molar-refractivity contribution in [3.05, 3.63) is 0 Å². The van der Waals surface area contributed by atoms with Crippen LogP contribution in [-0.4, -0.2) is 0 Å². The summed E-state index contributed by atoms with van der Waals surface area (Å²) in [4.78, 5) is 0. The van der Waals surface area contributed by atoms with E-state index in [1.54, 1.807) is 103 Å². The van der Waals surface area contributed by atoms with Gasteiger partial charge in [0.1, 0.15) is 0 Å². The number of hydrogen-bond donors (Lipinski definition) is 0. The first-order chi connectivity index (χ1) is 16.1. The van der Waals surface area contributed by atoms with Crippen molar-refractivity contribution >= 4 is 0 Å². The lowest BCUT2D eigenvalue weighted by Crippen LogP contribution is -2.49. The van der Waals surface area contributed by atoms with E-state index < -0.39 is 0 Å². The van der Waals surface area contributed by atoms with E-state index in [4.69, 9.17) is 0 Å². The third kappa shape index (κ3) is 4.26. The van der Waals surface area contributed by atoms with Crippen LogP contribution in [0.1, 0.15) is 137 Å². The maximum absolute atomic E-state index is 2.54. The Hall–Kier alpha value is 0. The molecule has 12 rings (SSSR count). The Balaban J connectivity index is 0.0000000883. The van der Waals surface area contributed by atoms with Crippen molar-refractivity contribution in [3.63, 3.8) is 0 Å². The predicted molar refractivity (Wildman–Crippen MR) is 143 cm³/mol. The van der Waals surface area contributed by atoms with Gasteiger partial charge in [-0.05, 0) is 185 Å². The molecule has 0 aromatic heterocycles. The summed E-state index contributed by atoms with van der Waals surface area (Å²) in [5.41, 5.74) is 2.33. The molecule has 0 radical (unpaired) electrons. The van der Waals surface area contributed by atoms with Crippen LogP contribution in [0.25, 0.3) is 0 Å². The SMILES string of the molecule is CC12CC3CC(C1)CC(C)(C3)C2.CC12CC3CC(CC(C3)C1)C2.CC1C2CC3CC(C2)CC1C3. The average Bonchev–Trinajstić information content (AvgIpc) is 2.68. The molecule has 12 aliphatic rings. The summed E-state index contributed by atoms with van der Waals surface area (Å²) in [5.74, 6) is 11.4. The van der Waals surface area contributed by atoms with E-state index in [0.717, 1.165) is 75.4 Å². The van der Waals surface area contributed by atoms with Gasteiger partial charge in [0.05, 0.1) is 0 Å². The molecule has 0 heterocycles. The molecule has 0 nitrogen and oxygen atoms in total. The van der Waals surface area contributed by atoms with Crippen molar-refractivity contribution in [3.8, 4) is 0 Å². The van der Waals surface area contributed by atoms with Gasteiger partial charge in [-0.2, -0.15) is 0 Å². The van der Waals surface area contributed by atoms with Gasteiger partial charge < -0.3 is 0 Å². The zero-order valence-electron chi connectivity index (χ0n) is 23.3. The largest absolute Gasteiger partial charge is 0.0620 e. The molecule has 12 bridgehead atoms. The van der Waals surface area contributed by atoms with Crippen LogP contribution < -0.4 is 0 Å². The van der Waals surface area contributed by atoms with E-state index in [1.165, 1.54) is 6.42 Å². The molecule has 0 atom stereocenters. The van der Waals surface area contributed by atoms with Crippen LogP contribution in [0.2, 0.25) is 0 Å². The summed E-state index contributed by atoms with van der Waals surface area (Å²) < 4.78 is 0. The first kappa shape index (κ1) is 23.1. The van der Waals surface area contributed by atoms with Gasteiger partial charge in [0, 0.05) is 0 Å². The van der Waals surface area contributed by atoms with Crippen molar-refractivity contribution in [1.29, 1.82) is 0 Å². The minimum absolute atomic E-state index is 0.763. The van der Waals surface area contributed by atoms with E-state index in [-0.39, 0.29) is 0 Å². The summed E-state index contributed by atoms with van der Waals surface area (Å²) in [6.45, 7) is 10.1. The van der Waals surface area contributed by atoms with Crippen molar-refractivity contribution in [2.45, 2.75) is 137 Å². The molecule has 192 valence electrons. The predicted octanol–water partition coefficient (Wildman–Crippen LogP) is 9.91. The topological polar surface area (TPSA) is 0 Å². The molecule has 0 heteroatoms. The molecule has 0 spiro atoms. The zero-order valence-corrected chi connectivity index (χ0v) is 23.3. The molecule has 0 unspecified atom stereocenters. The molecule has 12 fully saturated rings. The molecule has 0 saturated heterocycles. The molecule has 0 N–H and O–H groups in total. The van der Waals surface area contributed by atoms with Crippen LogP contribution in [0, 0.1) is 75.4 Å². The third-order valence-electron chi connectivity index (χ3n) is 13.7. The highest BCUT2D eigenvalue weighted by Crippen LogP contribution is 2.65. The quantitative estimate of drug-likeness (QED) is 0.334. The van der Waals surface area contributed by atoms with Gasteiger partial charge in [-0.25, -0.2) is 0 Å². The highest BCUT2D eigenvalue weighted by atomic mass is 14.6. The molecule has 0 aliphatic heterocycles. The lowest BCUT2D eigenvalue weighted by molar-refractivity contribution is -0.0920. The summed E-state index contributed by atoms with van der Waals surface area (Å²) in [5, 5.41) is 0. The maximum atomic E-state index is 2.54. The van der Waals surface area contributed by atoms with E-state index in [1.807, 2.05) is 0 Å². The van der Waals surface area contributed by atoms with Gasteiger partial charge in [0.2, 0.25) is 0 Å². The van der Waals surface area contributed by atoms with E-state index in [9.17, 15) is 0 Å². The Morgan fingerprint density at radius 1 is 0.382 bits per heavy atom. The zero-order chi connectivity index (χ0) is 23.3. The Kier molecular flexibility index (Phi) is 5.44. The second-order valence-corrected chi connectivity index (χ2v) is 17.6. The van der Waals surface area contributed by atoms with Crippen LogP contribution in [0.15, 0.2) is 0 Å². The lowest BCUT2D eigenvalue weighted by atomic mass is 9.45. The van der Waals surface area contributed by atoms with Gasteiger partial charge >= 0.3 is 0 Å². The Labute approximate surface area is 212 Å². The number of hydrogen-bond acceptors (Lipinski definition) is 0. The Bertz CT molecular complexity index is 676. The lowest BCUT2D eigenvalue weighted by Gasteiger charge is -2.60. The van der Waals surface area contributed by atoms with Crippen LogP contribution in [0.4, 0.5) is 0 Å². The van der Waals surface area contributed by atoms with Crippen molar-refractivity contribution < 1.29 is 0 Å². The summed E-state index contributed by atoms with van der Waals surface area (Å²) in [7, 11) is 0. The highest BCUT2D eigenvalue weighted by molar-refractivity contribution is 5.04. The first-order valence-electron chi connectivity index (χ1n) is 16.1. The van der Waals surface area contributed by atoms with Crippen molar-refractivity contribution in [1.82, 2.24) is 0 Å². The second-order valence-electron chi connectivity index (χ2n) is 17.6. The third-order valence-corrected chi connectivity index (χ3v) is 13.7. The number of rotatable bonds is 0. The Morgan fingerprint density at radius 2 is 0.706 bits per heavy atom. The van der Waals surface area contributed by atoms with E-state index in [0.29, 0.717) is 0 Å². The maximum Gasteiger partial charge on any atom is -0.0315 e. The normalized spacial score (nSPS) is 61.1. The van der Waals surface area contributed by atoms with Crippen molar-refractivity contribution in [2.75, 3.05) is 0 Å². The fraction of sp³-hybridized carbons (Fsp3) is 1.00. The van der Waals surface area contributed by atoms with Gasteiger partial charge in [-0.15, -0.1) is 0 Å². The molecular weight excluding hydrogens is 408 g/mol. The minimum Gasteiger partial charge on any atom is -0.0620 e. The second kappa shape index (κ2) is 8.00. The highest BCUT2D eigenvalue weighted by Gasteiger charge is 2.53. The molecule has 34 heavy (non-hydrogen) atoms. The fourth-order valence-corrected chi connectivity index (χ4v) is 14.0. The van der Waals surface area contributed by atoms with Crippen LogP contribution in [0.5, 0.6) is 0 Å². The standard InChI is InChI=1S/C12H20.2C11H18/c1-11-4-9-3-10(5-11)7-12(2,6-9)8-11;1-11-5-8-2-9(6-11)4-10(3-8)7-11;1-7-10-3-8-2-9(5-10)6-11(7)4-8/h9-10H,3-8H2,1-2H3;8-10H,2-7H2,1H3;7-11H,2-6H2,1H3. The average molecular weight is 465 g/mol. The van der Waals surface area contributed by atoms with E-state index in [2.05, 4.69) is 27.7 Å². The summed E-state index contributed by atoms with van der Waals surface area (Å²) >= 11 is 0. The van der Waals surface area contributed by atoms with Crippen LogP contribution in [0.3, 0.4) is 0 Å². The van der Waals surface area contributed by atoms with E-state index >= 15 is 0 Å². The molecule has 0 amide bonds. The van der Waals surface area contributed by atoms with Gasteiger partial charge in [-0.3, -0.25) is 0 Å². The monoisotopic (exact) mass is 464 g/mol. The molecule has 12 saturated carbocycles. The fourth-order valence-electron chi connectivity index (χ4n) is 14.0.